The first-order valence-electron chi connectivity index (χ1n) is 6.15. The minimum Gasteiger partial charge on any atom is -0.346 e. The predicted molar refractivity (Wildman–Crippen MR) is 73.0 cm³/mol. The Morgan fingerprint density at radius 2 is 2.30 bits per heavy atom. The highest BCUT2D eigenvalue weighted by atomic mass is 32.2. The molecule has 0 spiro atoms. The van der Waals surface area contributed by atoms with Crippen molar-refractivity contribution in [2.75, 3.05) is 6.54 Å². The molecule has 0 bridgehead atoms. The van der Waals surface area contributed by atoms with E-state index in [1.807, 2.05) is 12.1 Å². The van der Waals surface area contributed by atoms with Crippen molar-refractivity contribution in [3.63, 3.8) is 0 Å². The van der Waals surface area contributed by atoms with E-state index >= 15 is 0 Å². The van der Waals surface area contributed by atoms with E-state index in [-0.39, 0.29) is 18.9 Å². The molecule has 1 aliphatic rings. The highest BCUT2D eigenvalue weighted by Crippen LogP contribution is 2.22. The number of amides is 1. The van der Waals surface area contributed by atoms with E-state index in [1.165, 1.54) is 4.90 Å². The van der Waals surface area contributed by atoms with Crippen LogP contribution in [0.25, 0.3) is 11.0 Å². The number of likely N-dealkylation sites (tertiary alicyclic amines) is 1. The van der Waals surface area contributed by atoms with Gasteiger partial charge in [-0.3, -0.25) is 4.79 Å². The molecule has 8 heteroatoms. The van der Waals surface area contributed by atoms with Gasteiger partial charge >= 0.3 is 0 Å². The van der Waals surface area contributed by atoms with Crippen molar-refractivity contribution in [3.05, 3.63) is 30.1 Å². The van der Waals surface area contributed by atoms with Crippen molar-refractivity contribution in [1.29, 1.82) is 0 Å². The van der Waals surface area contributed by atoms with Crippen LogP contribution in [0.2, 0.25) is 0 Å². The molecule has 1 amide bonds. The Hall–Kier alpha value is -1.93. The van der Waals surface area contributed by atoms with Crippen LogP contribution in [0.5, 0.6) is 0 Å². The van der Waals surface area contributed by atoms with Gasteiger partial charge in [0.1, 0.15) is 10.9 Å². The number of hydrogen-bond acceptors (Lipinski definition) is 4. The van der Waals surface area contributed by atoms with Gasteiger partial charge in [-0.1, -0.05) is 0 Å². The monoisotopic (exact) mass is 294 g/mol. The van der Waals surface area contributed by atoms with Crippen molar-refractivity contribution in [2.45, 2.75) is 18.2 Å². The zero-order chi connectivity index (χ0) is 14.3. The van der Waals surface area contributed by atoms with Crippen LogP contribution in [0, 0.1) is 0 Å². The number of aromatic amines is 1. The number of carbonyl (C=O) groups is 1. The number of nitrogens with two attached hydrogens (primary N) is 1. The number of fused-ring (bicyclic) bond motifs is 1. The minimum atomic E-state index is -3.67. The molecule has 0 radical (unpaired) electrons. The van der Waals surface area contributed by atoms with Gasteiger partial charge in [-0.2, -0.15) is 0 Å². The fourth-order valence-electron chi connectivity index (χ4n) is 2.46. The Morgan fingerprint density at radius 1 is 1.50 bits per heavy atom. The molecule has 1 fully saturated rings. The lowest BCUT2D eigenvalue weighted by Crippen LogP contribution is -2.31. The molecule has 1 saturated heterocycles. The van der Waals surface area contributed by atoms with Crippen molar-refractivity contribution < 1.29 is 13.2 Å². The Labute approximate surface area is 115 Å². The molecular weight excluding hydrogens is 280 g/mol. The number of nitrogens with one attached hydrogen (secondary N) is 1. The molecule has 106 valence electrons. The van der Waals surface area contributed by atoms with Gasteiger partial charge in [0.15, 0.2) is 0 Å². The maximum absolute atomic E-state index is 11.9. The molecule has 1 unspecified atom stereocenters. The highest BCUT2D eigenvalue weighted by Gasteiger charge is 2.36. The van der Waals surface area contributed by atoms with Crippen LogP contribution in [-0.4, -0.2) is 41.0 Å². The number of H-pyrrole nitrogens is 1. The molecule has 3 heterocycles. The molecule has 20 heavy (non-hydrogen) atoms. The Kier molecular flexibility index (Phi) is 2.98. The number of carbonyl (C=O) groups excluding carboxylic acids is 1. The fraction of sp³-hybridized carbons (Fsp3) is 0.333. The molecule has 0 aliphatic carbocycles. The standard InChI is InChI=1S/C12H14N4O3S/c13-20(18,19)9-4-11(17)16(7-9)6-8-5-15-12-10(8)2-1-3-14-12/h1-3,5,9H,4,6-7H2,(H,14,15)(H2,13,18,19). The lowest BCUT2D eigenvalue weighted by Gasteiger charge is -2.15. The van der Waals surface area contributed by atoms with Crippen molar-refractivity contribution in [3.8, 4) is 0 Å². The number of hydrogen-bond donors (Lipinski definition) is 2. The number of rotatable bonds is 3. The van der Waals surface area contributed by atoms with E-state index in [1.54, 1.807) is 12.4 Å². The van der Waals surface area contributed by atoms with Gasteiger partial charge in [0.05, 0.1) is 0 Å². The second-order valence-electron chi connectivity index (χ2n) is 4.90. The normalized spacial score (nSPS) is 19.9. The summed E-state index contributed by atoms with van der Waals surface area (Å²) in [6.07, 6.45) is 3.43. The first kappa shape index (κ1) is 13.1. The second kappa shape index (κ2) is 4.57. The molecule has 3 N–H and O–H groups in total. The SMILES string of the molecule is NS(=O)(=O)C1CC(=O)N(Cc2c[nH]c3ncccc23)C1. The van der Waals surface area contributed by atoms with Crippen molar-refractivity contribution >= 4 is 27.0 Å². The van der Waals surface area contributed by atoms with Gasteiger partial charge in [-0.25, -0.2) is 18.5 Å². The lowest BCUT2D eigenvalue weighted by atomic mass is 10.2. The van der Waals surface area contributed by atoms with E-state index < -0.39 is 15.3 Å². The molecule has 0 aromatic carbocycles. The molecule has 3 rings (SSSR count). The van der Waals surface area contributed by atoms with Gasteiger partial charge < -0.3 is 9.88 Å². The van der Waals surface area contributed by atoms with E-state index in [9.17, 15) is 13.2 Å². The average molecular weight is 294 g/mol. The van der Waals surface area contributed by atoms with Crippen LogP contribution in [0.1, 0.15) is 12.0 Å². The third kappa shape index (κ3) is 2.27. The Balaban J connectivity index is 1.83. The summed E-state index contributed by atoms with van der Waals surface area (Å²) in [5.41, 5.74) is 1.66. The maximum atomic E-state index is 11.9. The van der Waals surface area contributed by atoms with Crippen molar-refractivity contribution in [1.82, 2.24) is 14.9 Å². The molecule has 7 nitrogen and oxygen atoms in total. The van der Waals surface area contributed by atoms with Crippen LogP contribution >= 0.6 is 0 Å². The highest BCUT2D eigenvalue weighted by molar-refractivity contribution is 7.89. The molecule has 2 aromatic heterocycles. The van der Waals surface area contributed by atoms with Crippen LogP contribution in [0.4, 0.5) is 0 Å². The van der Waals surface area contributed by atoms with E-state index in [0.29, 0.717) is 6.54 Å². The lowest BCUT2D eigenvalue weighted by molar-refractivity contribution is -0.128. The van der Waals surface area contributed by atoms with Gasteiger partial charge in [0.25, 0.3) is 0 Å². The number of nitrogens with zero attached hydrogens (tertiary/aromatic N) is 2. The Bertz CT molecular complexity index is 768. The molecule has 1 aliphatic heterocycles. The number of sulfonamides is 1. The zero-order valence-corrected chi connectivity index (χ0v) is 11.4. The van der Waals surface area contributed by atoms with Crippen LogP contribution in [-0.2, 0) is 21.4 Å². The number of primary sulfonamides is 1. The zero-order valence-electron chi connectivity index (χ0n) is 10.6. The number of aromatic nitrogens is 2. The molecular formula is C12H14N4O3S. The summed E-state index contributed by atoms with van der Waals surface area (Å²) in [7, 11) is -3.67. The van der Waals surface area contributed by atoms with E-state index in [2.05, 4.69) is 9.97 Å². The topological polar surface area (TPSA) is 109 Å². The molecule has 1 atom stereocenters. The fourth-order valence-corrected chi connectivity index (χ4v) is 3.22. The van der Waals surface area contributed by atoms with Gasteiger partial charge in [-0.05, 0) is 17.7 Å². The summed E-state index contributed by atoms with van der Waals surface area (Å²) in [4.78, 5) is 20.6. The van der Waals surface area contributed by atoms with Gasteiger partial charge in [0, 0.05) is 37.3 Å². The van der Waals surface area contributed by atoms with Gasteiger partial charge in [0.2, 0.25) is 15.9 Å². The predicted octanol–water partition coefficient (Wildman–Crippen LogP) is -0.0477. The first-order valence-corrected chi connectivity index (χ1v) is 7.76. The van der Waals surface area contributed by atoms with E-state index in [4.69, 9.17) is 5.14 Å². The average Bonchev–Trinajstić information content (AvgIpc) is 2.95. The smallest absolute Gasteiger partial charge is 0.224 e. The summed E-state index contributed by atoms with van der Waals surface area (Å²) in [6, 6.07) is 3.73. The molecule has 0 saturated carbocycles. The van der Waals surface area contributed by atoms with E-state index in [0.717, 1.165) is 16.6 Å². The van der Waals surface area contributed by atoms with Gasteiger partial charge in [-0.15, -0.1) is 0 Å². The summed E-state index contributed by atoms with van der Waals surface area (Å²) in [5.74, 6) is -0.192. The maximum Gasteiger partial charge on any atom is 0.224 e. The number of pyridine rings is 1. The summed E-state index contributed by atoms with van der Waals surface area (Å²) in [5, 5.41) is 5.23. The summed E-state index contributed by atoms with van der Waals surface area (Å²) < 4.78 is 22.6. The first-order chi connectivity index (χ1) is 9.45. The Morgan fingerprint density at radius 3 is 3.00 bits per heavy atom. The van der Waals surface area contributed by atoms with Crippen LogP contribution in [0.15, 0.2) is 24.5 Å². The van der Waals surface area contributed by atoms with Crippen LogP contribution < -0.4 is 5.14 Å². The van der Waals surface area contributed by atoms with Crippen LogP contribution in [0.3, 0.4) is 0 Å². The largest absolute Gasteiger partial charge is 0.346 e. The summed E-state index contributed by atoms with van der Waals surface area (Å²) in [6.45, 7) is 0.501. The van der Waals surface area contributed by atoms with Crippen molar-refractivity contribution in [2.24, 2.45) is 5.14 Å². The quantitative estimate of drug-likeness (QED) is 0.827. The second-order valence-corrected chi connectivity index (χ2v) is 6.75. The third-order valence-corrected chi connectivity index (χ3v) is 4.79. The minimum absolute atomic E-state index is 0.0422. The molecule has 2 aromatic rings. The third-order valence-electron chi connectivity index (χ3n) is 3.54. The summed E-state index contributed by atoms with van der Waals surface area (Å²) >= 11 is 0.